The van der Waals surface area contributed by atoms with Crippen LogP contribution in [0.15, 0.2) is 18.2 Å². The average molecular weight is 274 g/mol. The first-order chi connectivity index (χ1) is 9.48. The fourth-order valence-electron chi connectivity index (χ4n) is 3.32. The third-order valence-electron chi connectivity index (χ3n) is 5.23. The summed E-state index contributed by atoms with van der Waals surface area (Å²) in [6.45, 7) is 8.81. The molecule has 110 valence electrons. The first-order valence-corrected chi connectivity index (χ1v) is 7.78. The van der Waals surface area contributed by atoms with Gasteiger partial charge in [0.25, 0.3) is 0 Å². The quantitative estimate of drug-likeness (QED) is 0.888. The van der Waals surface area contributed by atoms with E-state index in [2.05, 4.69) is 49.2 Å². The maximum absolute atomic E-state index is 9.83. The van der Waals surface area contributed by atoms with Gasteiger partial charge in [0.05, 0.1) is 6.10 Å². The van der Waals surface area contributed by atoms with Gasteiger partial charge in [0, 0.05) is 35.9 Å². The highest BCUT2D eigenvalue weighted by Gasteiger charge is 2.47. The van der Waals surface area contributed by atoms with Gasteiger partial charge < -0.3 is 15.3 Å². The summed E-state index contributed by atoms with van der Waals surface area (Å²) in [5.41, 5.74) is 3.82. The van der Waals surface area contributed by atoms with Gasteiger partial charge in [-0.1, -0.05) is 13.8 Å². The highest BCUT2D eigenvalue weighted by atomic mass is 16.3. The van der Waals surface area contributed by atoms with Crippen molar-refractivity contribution in [1.29, 1.82) is 0 Å². The molecule has 0 radical (unpaired) electrons. The van der Waals surface area contributed by atoms with Crippen LogP contribution in [0.5, 0.6) is 0 Å². The molecular weight excluding hydrogens is 248 g/mol. The predicted molar refractivity (Wildman–Crippen MR) is 84.4 cm³/mol. The number of rotatable bonds is 3. The fourth-order valence-corrected chi connectivity index (χ4v) is 3.32. The van der Waals surface area contributed by atoms with Gasteiger partial charge in [-0.05, 0) is 49.9 Å². The third-order valence-corrected chi connectivity index (χ3v) is 5.23. The van der Waals surface area contributed by atoms with Crippen molar-refractivity contribution in [3.63, 3.8) is 0 Å². The molecule has 2 N–H and O–H groups in total. The molecule has 1 aromatic carbocycles. The van der Waals surface area contributed by atoms with Gasteiger partial charge in [0.2, 0.25) is 0 Å². The van der Waals surface area contributed by atoms with Crippen LogP contribution in [0.4, 0.5) is 11.4 Å². The van der Waals surface area contributed by atoms with Gasteiger partial charge in [0.15, 0.2) is 0 Å². The SMILES string of the molecule is Cc1cc(N2CCCC2)ccc1NC1CC(O)C1(C)C. The van der Waals surface area contributed by atoms with Crippen LogP contribution in [0.1, 0.15) is 38.7 Å². The van der Waals surface area contributed by atoms with E-state index in [1.807, 2.05) is 0 Å². The largest absolute Gasteiger partial charge is 0.392 e. The molecule has 1 aliphatic heterocycles. The molecule has 0 aromatic heterocycles. The minimum Gasteiger partial charge on any atom is -0.392 e. The summed E-state index contributed by atoms with van der Waals surface area (Å²) in [7, 11) is 0. The summed E-state index contributed by atoms with van der Waals surface area (Å²) in [5, 5.41) is 13.4. The van der Waals surface area contributed by atoms with Gasteiger partial charge in [-0.25, -0.2) is 0 Å². The first-order valence-electron chi connectivity index (χ1n) is 7.78. The van der Waals surface area contributed by atoms with Crippen LogP contribution < -0.4 is 10.2 Å². The maximum Gasteiger partial charge on any atom is 0.0630 e. The Balaban J connectivity index is 1.72. The Bertz CT molecular complexity index is 492. The number of hydrogen-bond acceptors (Lipinski definition) is 3. The topological polar surface area (TPSA) is 35.5 Å². The first kappa shape index (κ1) is 13.7. The standard InChI is InChI=1S/C17H26N2O/c1-12-10-13(19-8-4-5-9-19)6-7-14(12)18-15-11-16(20)17(15,2)3/h6-7,10,15-16,18,20H,4-5,8-9,11H2,1-3H3. The normalized spacial score (nSPS) is 28.3. The van der Waals surface area contributed by atoms with Crippen molar-refractivity contribution in [3.8, 4) is 0 Å². The molecule has 1 saturated heterocycles. The van der Waals surface area contributed by atoms with Crippen molar-refractivity contribution < 1.29 is 5.11 Å². The van der Waals surface area contributed by atoms with Crippen LogP contribution in [-0.4, -0.2) is 30.3 Å². The van der Waals surface area contributed by atoms with Gasteiger partial charge in [0.1, 0.15) is 0 Å². The van der Waals surface area contributed by atoms with E-state index in [0.717, 1.165) is 6.42 Å². The summed E-state index contributed by atoms with van der Waals surface area (Å²) < 4.78 is 0. The lowest BCUT2D eigenvalue weighted by Gasteiger charge is -2.50. The van der Waals surface area contributed by atoms with E-state index < -0.39 is 0 Å². The van der Waals surface area contributed by atoms with Crippen molar-refractivity contribution in [3.05, 3.63) is 23.8 Å². The van der Waals surface area contributed by atoms with Crippen LogP contribution in [0.3, 0.4) is 0 Å². The molecule has 20 heavy (non-hydrogen) atoms. The molecule has 0 amide bonds. The molecule has 0 spiro atoms. The molecule has 1 saturated carbocycles. The Morgan fingerprint density at radius 2 is 1.95 bits per heavy atom. The maximum atomic E-state index is 9.83. The van der Waals surface area contributed by atoms with E-state index in [-0.39, 0.29) is 11.5 Å². The van der Waals surface area contributed by atoms with E-state index in [1.54, 1.807) is 0 Å². The third kappa shape index (κ3) is 2.28. The molecule has 2 atom stereocenters. The second-order valence-corrected chi connectivity index (χ2v) is 6.96. The van der Waals surface area contributed by atoms with Crippen molar-refractivity contribution >= 4 is 11.4 Å². The minimum absolute atomic E-state index is 0.0277. The summed E-state index contributed by atoms with van der Waals surface area (Å²) in [6, 6.07) is 7.08. The van der Waals surface area contributed by atoms with Gasteiger partial charge in [-0.3, -0.25) is 0 Å². The molecule has 3 nitrogen and oxygen atoms in total. The number of anilines is 2. The Kier molecular flexibility index (Phi) is 3.41. The second kappa shape index (κ2) is 4.96. The van der Waals surface area contributed by atoms with Crippen molar-refractivity contribution in [1.82, 2.24) is 0 Å². The number of aliphatic hydroxyl groups is 1. The monoisotopic (exact) mass is 274 g/mol. The van der Waals surface area contributed by atoms with Crippen LogP contribution >= 0.6 is 0 Å². The van der Waals surface area contributed by atoms with E-state index >= 15 is 0 Å². The van der Waals surface area contributed by atoms with Crippen molar-refractivity contribution in [2.45, 2.75) is 52.2 Å². The molecule has 2 fully saturated rings. The van der Waals surface area contributed by atoms with E-state index in [1.165, 1.54) is 42.9 Å². The average Bonchev–Trinajstić information content (AvgIpc) is 2.94. The minimum atomic E-state index is -0.177. The van der Waals surface area contributed by atoms with Crippen molar-refractivity contribution in [2.24, 2.45) is 5.41 Å². The van der Waals surface area contributed by atoms with Crippen LogP contribution in [0, 0.1) is 12.3 Å². The van der Waals surface area contributed by atoms with Gasteiger partial charge in [-0.2, -0.15) is 0 Å². The van der Waals surface area contributed by atoms with E-state index in [9.17, 15) is 5.11 Å². The zero-order valence-electron chi connectivity index (χ0n) is 12.8. The van der Waals surface area contributed by atoms with E-state index in [4.69, 9.17) is 0 Å². The number of benzene rings is 1. The molecule has 1 aromatic rings. The summed E-state index contributed by atoms with van der Waals surface area (Å²) in [6.07, 6.45) is 3.30. The molecule has 2 aliphatic rings. The second-order valence-electron chi connectivity index (χ2n) is 6.96. The lowest BCUT2D eigenvalue weighted by Crippen LogP contribution is -2.56. The lowest BCUT2D eigenvalue weighted by molar-refractivity contribution is -0.0510. The molecule has 2 unspecified atom stereocenters. The predicted octanol–water partition coefficient (Wildman–Crippen LogP) is 3.17. The Labute approximate surface area is 122 Å². The highest BCUT2D eigenvalue weighted by molar-refractivity contribution is 5.61. The van der Waals surface area contributed by atoms with Crippen LogP contribution in [-0.2, 0) is 0 Å². The summed E-state index contributed by atoms with van der Waals surface area (Å²) >= 11 is 0. The molecular formula is C17H26N2O. The Hall–Kier alpha value is -1.22. The number of nitrogens with zero attached hydrogens (tertiary/aromatic N) is 1. The van der Waals surface area contributed by atoms with Crippen molar-refractivity contribution in [2.75, 3.05) is 23.3 Å². The summed E-state index contributed by atoms with van der Waals surface area (Å²) in [5.74, 6) is 0. The zero-order chi connectivity index (χ0) is 14.3. The lowest BCUT2D eigenvalue weighted by atomic mass is 9.64. The van der Waals surface area contributed by atoms with Crippen LogP contribution in [0.2, 0.25) is 0 Å². The molecule has 3 heteroatoms. The smallest absolute Gasteiger partial charge is 0.0630 e. The zero-order valence-corrected chi connectivity index (χ0v) is 12.8. The number of hydrogen-bond donors (Lipinski definition) is 2. The molecule has 3 rings (SSSR count). The highest BCUT2D eigenvalue weighted by Crippen LogP contribution is 2.42. The van der Waals surface area contributed by atoms with Crippen LogP contribution in [0.25, 0.3) is 0 Å². The Morgan fingerprint density at radius 1 is 1.25 bits per heavy atom. The number of aryl methyl sites for hydroxylation is 1. The molecule has 1 aliphatic carbocycles. The molecule has 0 bridgehead atoms. The number of aliphatic hydroxyl groups excluding tert-OH is 1. The molecule has 1 heterocycles. The summed E-state index contributed by atoms with van der Waals surface area (Å²) in [4.78, 5) is 2.47. The van der Waals surface area contributed by atoms with Gasteiger partial charge in [-0.15, -0.1) is 0 Å². The fraction of sp³-hybridized carbons (Fsp3) is 0.647. The van der Waals surface area contributed by atoms with E-state index in [0.29, 0.717) is 6.04 Å². The number of nitrogens with one attached hydrogen (secondary N) is 1. The Morgan fingerprint density at radius 3 is 2.50 bits per heavy atom. The van der Waals surface area contributed by atoms with Gasteiger partial charge >= 0.3 is 0 Å².